The summed E-state index contributed by atoms with van der Waals surface area (Å²) in [5.74, 6) is 0. The Bertz CT molecular complexity index is 545. The van der Waals surface area contributed by atoms with E-state index in [4.69, 9.17) is 17.3 Å². The van der Waals surface area contributed by atoms with Gasteiger partial charge in [0.15, 0.2) is 0 Å². The molecule has 0 saturated heterocycles. The summed E-state index contributed by atoms with van der Waals surface area (Å²) < 4.78 is 1.46. The lowest BCUT2D eigenvalue weighted by molar-refractivity contribution is 0.728. The van der Waals surface area contributed by atoms with Crippen LogP contribution in [0, 0.1) is 0 Å². The highest BCUT2D eigenvalue weighted by atomic mass is 35.5. The van der Waals surface area contributed by atoms with Crippen molar-refractivity contribution in [3.05, 3.63) is 57.7 Å². The van der Waals surface area contributed by atoms with Crippen LogP contribution >= 0.6 is 11.6 Å². The summed E-state index contributed by atoms with van der Waals surface area (Å²) >= 11 is 6.02. The normalized spacial score (nSPS) is 10.3. The lowest BCUT2D eigenvalue weighted by atomic mass is 10.2. The van der Waals surface area contributed by atoms with E-state index in [0.29, 0.717) is 17.3 Å². The van der Waals surface area contributed by atoms with E-state index in [1.165, 1.54) is 10.8 Å². The third-order valence-electron chi connectivity index (χ3n) is 2.27. The Morgan fingerprint density at radius 2 is 2.19 bits per heavy atom. The number of hydrogen-bond acceptors (Lipinski definition) is 3. The van der Waals surface area contributed by atoms with Gasteiger partial charge < -0.3 is 5.73 Å². The molecule has 0 amide bonds. The Kier molecular flexibility index (Phi) is 2.92. The van der Waals surface area contributed by atoms with Gasteiger partial charge in [0, 0.05) is 28.7 Å². The molecule has 0 spiro atoms. The summed E-state index contributed by atoms with van der Waals surface area (Å²) in [7, 11) is 0. The minimum absolute atomic E-state index is 0.318. The van der Waals surface area contributed by atoms with Crippen LogP contribution in [0.25, 0.3) is 0 Å². The maximum atomic E-state index is 11.4. The number of hydrogen-bond donors (Lipinski definition) is 1. The van der Waals surface area contributed by atoms with Crippen molar-refractivity contribution in [3.8, 4) is 0 Å². The van der Waals surface area contributed by atoms with Crippen LogP contribution in [0.1, 0.15) is 5.56 Å². The molecule has 0 aliphatic heterocycles. The van der Waals surface area contributed by atoms with Crippen LogP contribution in [0.4, 0.5) is 5.69 Å². The van der Waals surface area contributed by atoms with Crippen LogP contribution in [0.2, 0.25) is 5.02 Å². The molecular weight excluding hydrogens is 226 g/mol. The molecule has 0 radical (unpaired) electrons. The number of nitrogen functional groups attached to an aromatic ring is 1. The molecular formula is C11H10ClN3O. The SMILES string of the molecule is Nc1cccc(Cl)c1Cn1cccnc1=O. The third-order valence-corrected chi connectivity index (χ3v) is 2.62. The van der Waals surface area contributed by atoms with Gasteiger partial charge in [0.25, 0.3) is 0 Å². The molecule has 1 aromatic heterocycles. The molecule has 1 aromatic carbocycles. The molecule has 0 unspecified atom stereocenters. The first-order chi connectivity index (χ1) is 7.68. The van der Waals surface area contributed by atoms with Gasteiger partial charge in [0.2, 0.25) is 0 Å². The lowest BCUT2D eigenvalue weighted by Crippen LogP contribution is -2.22. The zero-order valence-electron chi connectivity index (χ0n) is 8.43. The zero-order valence-corrected chi connectivity index (χ0v) is 9.19. The van der Waals surface area contributed by atoms with Crippen LogP contribution < -0.4 is 11.4 Å². The van der Waals surface area contributed by atoms with Crippen molar-refractivity contribution in [2.75, 3.05) is 5.73 Å². The third kappa shape index (κ3) is 2.06. The maximum Gasteiger partial charge on any atom is 0.347 e. The number of rotatable bonds is 2. The molecule has 4 nitrogen and oxygen atoms in total. The molecule has 5 heteroatoms. The van der Waals surface area contributed by atoms with E-state index >= 15 is 0 Å². The van der Waals surface area contributed by atoms with Gasteiger partial charge in [-0.2, -0.15) is 0 Å². The summed E-state index contributed by atoms with van der Waals surface area (Å²) in [6.07, 6.45) is 3.10. The minimum atomic E-state index is -0.318. The summed E-state index contributed by atoms with van der Waals surface area (Å²) in [6.45, 7) is 0.332. The van der Waals surface area contributed by atoms with Gasteiger partial charge in [-0.3, -0.25) is 4.57 Å². The van der Waals surface area contributed by atoms with Crippen LogP contribution in [0.5, 0.6) is 0 Å². The van der Waals surface area contributed by atoms with E-state index in [-0.39, 0.29) is 5.69 Å². The van der Waals surface area contributed by atoms with Crippen molar-refractivity contribution >= 4 is 17.3 Å². The van der Waals surface area contributed by atoms with Crippen molar-refractivity contribution < 1.29 is 0 Å². The molecule has 2 aromatic rings. The van der Waals surface area contributed by atoms with Crippen molar-refractivity contribution in [2.45, 2.75) is 6.54 Å². The van der Waals surface area contributed by atoms with Crippen molar-refractivity contribution in [3.63, 3.8) is 0 Å². The second kappa shape index (κ2) is 4.37. The first kappa shape index (κ1) is 10.7. The molecule has 16 heavy (non-hydrogen) atoms. The molecule has 0 bridgehead atoms. The Morgan fingerprint density at radius 3 is 2.88 bits per heavy atom. The van der Waals surface area contributed by atoms with Gasteiger partial charge in [-0.1, -0.05) is 17.7 Å². The fraction of sp³-hybridized carbons (Fsp3) is 0.0909. The highest BCUT2D eigenvalue weighted by molar-refractivity contribution is 6.31. The summed E-state index contributed by atoms with van der Waals surface area (Å²) in [5.41, 5.74) is 6.79. The van der Waals surface area contributed by atoms with E-state index in [1.807, 2.05) is 0 Å². The van der Waals surface area contributed by atoms with Gasteiger partial charge in [0.1, 0.15) is 0 Å². The van der Waals surface area contributed by atoms with Crippen LogP contribution in [-0.4, -0.2) is 9.55 Å². The topological polar surface area (TPSA) is 60.9 Å². The largest absolute Gasteiger partial charge is 0.398 e. The van der Waals surface area contributed by atoms with Gasteiger partial charge in [-0.25, -0.2) is 9.78 Å². The Morgan fingerprint density at radius 1 is 1.38 bits per heavy atom. The molecule has 0 aliphatic carbocycles. The minimum Gasteiger partial charge on any atom is -0.398 e. The number of halogens is 1. The van der Waals surface area contributed by atoms with Gasteiger partial charge in [0.05, 0.1) is 6.54 Å². The number of nitrogens with two attached hydrogens (primary N) is 1. The van der Waals surface area contributed by atoms with E-state index in [0.717, 1.165) is 5.56 Å². The fourth-order valence-electron chi connectivity index (χ4n) is 1.42. The molecule has 82 valence electrons. The summed E-state index contributed by atoms with van der Waals surface area (Å²) in [6, 6.07) is 6.96. The second-order valence-electron chi connectivity index (χ2n) is 3.34. The van der Waals surface area contributed by atoms with E-state index in [9.17, 15) is 4.79 Å². The van der Waals surface area contributed by atoms with Crippen LogP contribution in [0.15, 0.2) is 41.5 Å². The second-order valence-corrected chi connectivity index (χ2v) is 3.74. The first-order valence-corrected chi connectivity index (χ1v) is 5.10. The first-order valence-electron chi connectivity index (χ1n) is 4.73. The van der Waals surface area contributed by atoms with Crippen molar-refractivity contribution in [1.29, 1.82) is 0 Å². The number of nitrogens with zero attached hydrogens (tertiary/aromatic N) is 2. The molecule has 2 N–H and O–H groups in total. The van der Waals surface area contributed by atoms with Crippen molar-refractivity contribution in [2.24, 2.45) is 0 Å². The van der Waals surface area contributed by atoms with E-state index in [2.05, 4.69) is 4.98 Å². The van der Waals surface area contributed by atoms with Gasteiger partial charge in [-0.15, -0.1) is 0 Å². The number of aromatic nitrogens is 2. The zero-order chi connectivity index (χ0) is 11.5. The quantitative estimate of drug-likeness (QED) is 0.803. The Balaban J connectivity index is 2.42. The molecule has 0 aliphatic rings. The molecule has 0 atom stereocenters. The summed E-state index contributed by atoms with van der Waals surface area (Å²) in [4.78, 5) is 15.1. The standard InChI is InChI=1S/C11H10ClN3O/c12-9-3-1-4-10(13)8(9)7-15-6-2-5-14-11(15)16/h1-6H,7,13H2. The van der Waals surface area contributed by atoms with Crippen molar-refractivity contribution in [1.82, 2.24) is 9.55 Å². The predicted octanol–water partition coefficient (Wildman–Crippen LogP) is 1.53. The molecule has 1 heterocycles. The Labute approximate surface area is 97.3 Å². The van der Waals surface area contributed by atoms with Crippen LogP contribution in [0.3, 0.4) is 0 Å². The number of anilines is 1. The highest BCUT2D eigenvalue weighted by Gasteiger charge is 2.05. The molecule has 0 fully saturated rings. The van der Waals surface area contributed by atoms with E-state index < -0.39 is 0 Å². The molecule has 0 saturated carbocycles. The van der Waals surface area contributed by atoms with Gasteiger partial charge >= 0.3 is 5.69 Å². The maximum absolute atomic E-state index is 11.4. The smallest absolute Gasteiger partial charge is 0.347 e. The monoisotopic (exact) mass is 235 g/mol. The average molecular weight is 236 g/mol. The lowest BCUT2D eigenvalue weighted by Gasteiger charge is -2.09. The van der Waals surface area contributed by atoms with Crippen LogP contribution in [-0.2, 0) is 6.54 Å². The summed E-state index contributed by atoms with van der Waals surface area (Å²) in [5, 5.41) is 0.552. The average Bonchev–Trinajstić information content (AvgIpc) is 2.26. The number of benzene rings is 1. The van der Waals surface area contributed by atoms with Gasteiger partial charge in [-0.05, 0) is 18.2 Å². The highest BCUT2D eigenvalue weighted by Crippen LogP contribution is 2.22. The van der Waals surface area contributed by atoms with E-state index in [1.54, 1.807) is 30.5 Å². The molecule has 2 rings (SSSR count). The Hall–Kier alpha value is -1.81. The predicted molar refractivity (Wildman–Crippen MR) is 63.5 cm³/mol. The fourth-order valence-corrected chi connectivity index (χ4v) is 1.66.